The average molecular weight is 408 g/mol. The summed E-state index contributed by atoms with van der Waals surface area (Å²) in [5.74, 6) is -4.74. The van der Waals surface area contributed by atoms with Crippen molar-refractivity contribution in [3.63, 3.8) is 0 Å². The van der Waals surface area contributed by atoms with Crippen LogP contribution in [0.4, 0.5) is 8.78 Å². The van der Waals surface area contributed by atoms with Gasteiger partial charge in [0.15, 0.2) is 6.10 Å². The first-order chi connectivity index (χ1) is 13.2. The molecule has 0 saturated heterocycles. The number of hydrogen-bond donors (Lipinski definition) is 0. The van der Waals surface area contributed by atoms with E-state index in [0.29, 0.717) is 5.56 Å². The van der Waals surface area contributed by atoms with Gasteiger partial charge in [0.2, 0.25) is 15.6 Å². The lowest BCUT2D eigenvalue weighted by molar-refractivity contribution is 0.0318. The number of Topliss-reactive ketones (excluding diaryl/α,β-unsaturated/α-hetero) is 1. The predicted molar refractivity (Wildman–Crippen MR) is 97.3 cm³/mol. The number of aryl methyl sites for hydroxylation is 2. The number of hydrogen-bond acceptors (Lipinski definition) is 5. The number of benzene rings is 2. The number of carbonyl (C=O) groups is 2. The van der Waals surface area contributed by atoms with Crippen LogP contribution in [0.3, 0.4) is 0 Å². The van der Waals surface area contributed by atoms with E-state index in [4.69, 9.17) is 4.74 Å². The SMILES string of the molecule is C[C@H](OC(=O)c1ccc(S(=O)(=O)C(F)F)cc1)C(=O)c1ccc2c(c1)CCC2. The summed E-state index contributed by atoms with van der Waals surface area (Å²) in [5, 5.41) is 0. The van der Waals surface area contributed by atoms with Gasteiger partial charge in [0, 0.05) is 5.56 Å². The van der Waals surface area contributed by atoms with Gasteiger partial charge < -0.3 is 4.74 Å². The summed E-state index contributed by atoms with van der Waals surface area (Å²) in [6, 6.07) is 9.40. The lowest BCUT2D eigenvalue weighted by Crippen LogP contribution is -2.24. The largest absolute Gasteiger partial charge is 0.451 e. The molecule has 0 heterocycles. The third-order valence-corrected chi connectivity index (χ3v) is 6.09. The molecule has 1 aliphatic rings. The summed E-state index contributed by atoms with van der Waals surface area (Å²) in [6.07, 6.45) is 1.91. The third kappa shape index (κ3) is 3.96. The van der Waals surface area contributed by atoms with Crippen LogP contribution in [0.1, 0.15) is 45.2 Å². The third-order valence-electron chi connectivity index (χ3n) is 4.69. The lowest BCUT2D eigenvalue weighted by Gasteiger charge is -2.13. The number of ketones is 1. The first kappa shape index (κ1) is 20.1. The van der Waals surface area contributed by atoms with Crippen molar-refractivity contribution in [1.29, 1.82) is 0 Å². The van der Waals surface area contributed by atoms with Gasteiger partial charge in [0.1, 0.15) is 0 Å². The van der Waals surface area contributed by atoms with Crippen LogP contribution in [0.2, 0.25) is 0 Å². The Hall–Kier alpha value is -2.61. The summed E-state index contributed by atoms with van der Waals surface area (Å²) < 4.78 is 53.1. The first-order valence-electron chi connectivity index (χ1n) is 8.69. The molecular formula is C20H18F2O5S. The molecule has 0 aliphatic heterocycles. The number of halogens is 2. The van der Waals surface area contributed by atoms with Gasteiger partial charge in [-0.05, 0) is 67.6 Å². The van der Waals surface area contributed by atoms with Crippen molar-refractivity contribution in [1.82, 2.24) is 0 Å². The van der Waals surface area contributed by atoms with E-state index in [0.717, 1.165) is 49.1 Å². The van der Waals surface area contributed by atoms with Crippen LogP contribution in [-0.2, 0) is 27.4 Å². The Kier molecular flexibility index (Phi) is 5.60. The Morgan fingerprint density at radius 2 is 1.57 bits per heavy atom. The van der Waals surface area contributed by atoms with Crippen LogP contribution in [0.5, 0.6) is 0 Å². The van der Waals surface area contributed by atoms with Gasteiger partial charge in [-0.2, -0.15) is 8.78 Å². The number of alkyl halides is 2. The van der Waals surface area contributed by atoms with Crippen molar-refractivity contribution < 1.29 is 31.5 Å². The fraction of sp³-hybridized carbons (Fsp3) is 0.300. The second kappa shape index (κ2) is 7.79. The van der Waals surface area contributed by atoms with Crippen LogP contribution in [0, 0.1) is 0 Å². The van der Waals surface area contributed by atoms with Gasteiger partial charge >= 0.3 is 11.7 Å². The van der Waals surface area contributed by atoms with Gasteiger partial charge in [-0.1, -0.05) is 12.1 Å². The molecule has 3 rings (SSSR count). The van der Waals surface area contributed by atoms with E-state index in [1.807, 2.05) is 12.1 Å². The van der Waals surface area contributed by atoms with E-state index in [1.54, 1.807) is 6.07 Å². The molecule has 28 heavy (non-hydrogen) atoms. The van der Waals surface area contributed by atoms with E-state index in [-0.39, 0.29) is 11.3 Å². The number of carbonyl (C=O) groups excluding carboxylic acids is 2. The highest BCUT2D eigenvalue weighted by molar-refractivity contribution is 7.91. The number of ether oxygens (including phenoxy) is 1. The second-order valence-corrected chi connectivity index (χ2v) is 8.50. The normalized spacial score (nSPS) is 14.6. The minimum Gasteiger partial charge on any atom is -0.451 e. The molecule has 1 aliphatic carbocycles. The first-order valence-corrected chi connectivity index (χ1v) is 10.2. The number of fused-ring (bicyclic) bond motifs is 1. The standard InChI is InChI=1S/C20H18F2O5S/c1-12(18(23)16-6-5-13-3-2-4-15(13)11-16)27-19(24)14-7-9-17(10-8-14)28(25,26)20(21)22/h5-12,20H,2-4H2,1H3/t12-/m0/s1. The molecule has 0 N–H and O–H groups in total. The van der Waals surface area contributed by atoms with Crippen LogP contribution >= 0.6 is 0 Å². The molecule has 0 amide bonds. The Morgan fingerprint density at radius 3 is 2.21 bits per heavy atom. The van der Waals surface area contributed by atoms with Crippen molar-refractivity contribution >= 4 is 21.6 Å². The highest BCUT2D eigenvalue weighted by Gasteiger charge is 2.27. The maximum atomic E-state index is 12.5. The monoisotopic (exact) mass is 408 g/mol. The maximum absolute atomic E-state index is 12.5. The van der Waals surface area contributed by atoms with Crippen LogP contribution in [-0.4, -0.2) is 32.0 Å². The summed E-state index contributed by atoms with van der Waals surface area (Å²) in [7, 11) is -4.74. The van der Waals surface area contributed by atoms with E-state index in [2.05, 4.69) is 0 Å². The fourth-order valence-electron chi connectivity index (χ4n) is 3.13. The molecule has 0 saturated carbocycles. The molecule has 148 valence electrons. The summed E-state index contributed by atoms with van der Waals surface area (Å²) >= 11 is 0. The topological polar surface area (TPSA) is 77.5 Å². The molecule has 0 aromatic heterocycles. The summed E-state index contributed by atoms with van der Waals surface area (Å²) in [6.45, 7) is 1.45. The molecular weight excluding hydrogens is 390 g/mol. The van der Waals surface area contributed by atoms with Crippen LogP contribution in [0.15, 0.2) is 47.4 Å². The second-order valence-electron chi connectivity index (χ2n) is 6.58. The zero-order valence-electron chi connectivity index (χ0n) is 15.0. The van der Waals surface area contributed by atoms with Crippen molar-refractivity contribution in [3.8, 4) is 0 Å². The van der Waals surface area contributed by atoms with Crippen molar-refractivity contribution in [3.05, 3.63) is 64.7 Å². The Labute approximate surface area is 161 Å². The molecule has 2 aromatic rings. The molecule has 0 bridgehead atoms. The summed E-state index contributed by atoms with van der Waals surface area (Å²) in [4.78, 5) is 24.1. The van der Waals surface area contributed by atoms with Crippen molar-refractivity contribution in [2.75, 3.05) is 0 Å². The van der Waals surface area contributed by atoms with Gasteiger partial charge in [0.25, 0.3) is 0 Å². The number of sulfone groups is 1. The molecule has 8 heteroatoms. The Morgan fingerprint density at radius 1 is 0.964 bits per heavy atom. The maximum Gasteiger partial charge on any atom is 0.341 e. The molecule has 0 spiro atoms. The molecule has 1 atom stereocenters. The van der Waals surface area contributed by atoms with Gasteiger partial charge in [-0.25, -0.2) is 13.2 Å². The van der Waals surface area contributed by atoms with E-state index < -0.39 is 32.6 Å². The molecule has 0 unspecified atom stereocenters. The summed E-state index contributed by atoms with van der Waals surface area (Å²) in [5.41, 5.74) is 2.77. The van der Waals surface area contributed by atoms with E-state index >= 15 is 0 Å². The Balaban J connectivity index is 1.69. The van der Waals surface area contributed by atoms with Gasteiger partial charge in [-0.3, -0.25) is 4.79 Å². The highest BCUT2D eigenvalue weighted by atomic mass is 32.2. The van der Waals surface area contributed by atoms with Gasteiger partial charge in [-0.15, -0.1) is 0 Å². The minimum atomic E-state index is -4.74. The fourth-order valence-corrected chi connectivity index (χ4v) is 3.85. The zero-order chi connectivity index (χ0) is 20.5. The van der Waals surface area contributed by atoms with E-state index in [9.17, 15) is 26.8 Å². The quantitative estimate of drug-likeness (QED) is 0.539. The smallest absolute Gasteiger partial charge is 0.341 e. The lowest BCUT2D eigenvalue weighted by atomic mass is 10.0. The van der Waals surface area contributed by atoms with Gasteiger partial charge in [0.05, 0.1) is 10.5 Å². The average Bonchev–Trinajstić information content (AvgIpc) is 3.15. The molecule has 0 radical (unpaired) electrons. The number of esters is 1. The predicted octanol–water partition coefficient (Wildman–Crippen LogP) is 3.60. The van der Waals surface area contributed by atoms with Crippen molar-refractivity contribution in [2.45, 2.75) is 42.9 Å². The van der Waals surface area contributed by atoms with Crippen LogP contribution in [0.25, 0.3) is 0 Å². The van der Waals surface area contributed by atoms with Crippen LogP contribution < -0.4 is 0 Å². The number of rotatable bonds is 6. The molecule has 2 aromatic carbocycles. The minimum absolute atomic E-state index is 0.0400. The van der Waals surface area contributed by atoms with E-state index in [1.165, 1.54) is 12.5 Å². The van der Waals surface area contributed by atoms with Crippen molar-refractivity contribution in [2.24, 2.45) is 0 Å². The molecule has 5 nitrogen and oxygen atoms in total. The Bertz CT molecular complexity index is 1010. The molecule has 0 fully saturated rings. The highest BCUT2D eigenvalue weighted by Crippen LogP contribution is 2.24. The zero-order valence-corrected chi connectivity index (χ0v) is 15.8.